The van der Waals surface area contributed by atoms with Crippen LogP contribution < -0.4 is 21.5 Å². The van der Waals surface area contributed by atoms with Gasteiger partial charge in [0.1, 0.15) is 12.1 Å². The van der Waals surface area contributed by atoms with E-state index in [1.165, 1.54) is 22.2 Å². The standard InChI is InChI=1S/C19H18FN5O3S.ClH/c20-7-11(8-21)5-14(25-10-22-24-19(25)27)17-4-3-16(29-17)12-1-2-13-15(6-12)28-9-18(26)23-13;/h1-4,6-7,10,14H,5,8-9,21H2,(H,23,26)(H,24,27);1H/b11-7+;. The fourth-order valence-corrected chi connectivity index (χ4v) is 4.25. The molecule has 30 heavy (non-hydrogen) atoms. The Balaban J connectivity index is 0.00000256. The van der Waals surface area contributed by atoms with Crippen LogP contribution in [0.3, 0.4) is 0 Å². The molecule has 3 aromatic rings. The number of nitrogens with zero attached hydrogens (tertiary/aromatic N) is 2. The van der Waals surface area contributed by atoms with E-state index in [1.807, 2.05) is 24.3 Å². The zero-order valence-corrected chi connectivity index (χ0v) is 17.3. The lowest BCUT2D eigenvalue weighted by atomic mass is 10.1. The highest BCUT2D eigenvalue weighted by atomic mass is 35.5. The van der Waals surface area contributed by atoms with Gasteiger partial charge >= 0.3 is 5.69 Å². The molecule has 8 nitrogen and oxygen atoms in total. The summed E-state index contributed by atoms with van der Waals surface area (Å²) in [7, 11) is 0. The molecule has 1 amide bonds. The molecule has 11 heteroatoms. The normalized spacial score (nSPS) is 14.3. The number of carbonyl (C=O) groups is 1. The summed E-state index contributed by atoms with van der Waals surface area (Å²) in [6.45, 7) is 0.0424. The second-order valence-electron chi connectivity index (χ2n) is 6.51. The molecule has 0 radical (unpaired) electrons. The van der Waals surface area contributed by atoms with Crippen molar-refractivity contribution >= 4 is 35.3 Å². The number of carbonyl (C=O) groups excluding carboxylic acids is 1. The van der Waals surface area contributed by atoms with E-state index in [4.69, 9.17) is 10.5 Å². The molecule has 1 aromatic carbocycles. The molecule has 0 saturated carbocycles. The van der Waals surface area contributed by atoms with Gasteiger partial charge in [-0.15, -0.1) is 23.7 Å². The molecule has 4 N–H and O–H groups in total. The molecular weight excluding hydrogens is 433 g/mol. The number of fused-ring (bicyclic) bond motifs is 1. The zero-order valence-electron chi connectivity index (χ0n) is 15.6. The van der Waals surface area contributed by atoms with E-state index in [1.54, 1.807) is 6.07 Å². The predicted octanol–water partition coefficient (Wildman–Crippen LogP) is 2.84. The number of benzene rings is 1. The largest absolute Gasteiger partial charge is 0.482 e. The lowest BCUT2D eigenvalue weighted by molar-refractivity contribution is -0.118. The summed E-state index contributed by atoms with van der Waals surface area (Å²) in [5.41, 5.74) is 7.18. The van der Waals surface area contributed by atoms with E-state index >= 15 is 0 Å². The monoisotopic (exact) mass is 451 g/mol. The lowest BCUT2D eigenvalue weighted by Gasteiger charge is -2.18. The highest BCUT2D eigenvalue weighted by Gasteiger charge is 2.21. The van der Waals surface area contributed by atoms with Crippen LogP contribution in [0.4, 0.5) is 10.1 Å². The predicted molar refractivity (Wildman–Crippen MR) is 115 cm³/mol. The smallest absolute Gasteiger partial charge is 0.343 e. The first-order valence-electron chi connectivity index (χ1n) is 8.85. The number of hydrogen-bond donors (Lipinski definition) is 3. The van der Waals surface area contributed by atoms with E-state index in [0.29, 0.717) is 23.3 Å². The molecule has 158 valence electrons. The van der Waals surface area contributed by atoms with Crippen molar-refractivity contribution in [1.29, 1.82) is 0 Å². The van der Waals surface area contributed by atoms with Gasteiger partial charge in [0.15, 0.2) is 6.61 Å². The van der Waals surface area contributed by atoms with Crippen LogP contribution >= 0.6 is 23.7 Å². The van der Waals surface area contributed by atoms with Crippen LogP contribution in [0.25, 0.3) is 10.4 Å². The van der Waals surface area contributed by atoms with Crippen molar-refractivity contribution in [2.24, 2.45) is 5.73 Å². The third kappa shape index (κ3) is 4.30. The number of hydrogen-bond acceptors (Lipinski definition) is 6. The van der Waals surface area contributed by atoms with Crippen molar-refractivity contribution < 1.29 is 13.9 Å². The summed E-state index contributed by atoms with van der Waals surface area (Å²) < 4.78 is 20.1. The topological polar surface area (TPSA) is 115 Å². The Hall–Kier alpha value is -2.95. The van der Waals surface area contributed by atoms with Crippen molar-refractivity contribution in [1.82, 2.24) is 14.8 Å². The van der Waals surface area contributed by atoms with Gasteiger partial charge in [0.05, 0.1) is 18.1 Å². The first-order chi connectivity index (χ1) is 14.1. The molecule has 0 aliphatic carbocycles. The Kier molecular flexibility index (Phi) is 6.70. The number of nitrogens with two attached hydrogens (primary N) is 1. The third-order valence-corrected chi connectivity index (χ3v) is 5.87. The molecule has 4 rings (SSSR count). The fourth-order valence-electron chi connectivity index (χ4n) is 3.15. The molecule has 1 aliphatic rings. The van der Waals surface area contributed by atoms with E-state index in [9.17, 15) is 14.0 Å². The second kappa shape index (κ2) is 9.24. The highest BCUT2D eigenvalue weighted by Crippen LogP contribution is 2.38. The van der Waals surface area contributed by atoms with Gasteiger partial charge in [-0.1, -0.05) is 6.07 Å². The summed E-state index contributed by atoms with van der Waals surface area (Å²) in [4.78, 5) is 25.3. The Morgan fingerprint density at radius 3 is 2.90 bits per heavy atom. The first-order valence-corrected chi connectivity index (χ1v) is 9.67. The molecule has 1 unspecified atom stereocenters. The number of halogens is 2. The third-order valence-electron chi connectivity index (χ3n) is 4.64. The van der Waals surface area contributed by atoms with Crippen molar-refractivity contribution in [2.75, 3.05) is 18.5 Å². The van der Waals surface area contributed by atoms with Crippen LogP contribution in [0, 0.1) is 0 Å². The molecule has 1 atom stereocenters. The Bertz CT molecular complexity index is 1140. The molecule has 0 spiro atoms. The van der Waals surface area contributed by atoms with Crippen molar-refractivity contribution in [3.8, 4) is 16.2 Å². The van der Waals surface area contributed by atoms with Gasteiger partial charge in [0, 0.05) is 16.3 Å². The van der Waals surface area contributed by atoms with Gasteiger partial charge in [-0.3, -0.25) is 9.36 Å². The van der Waals surface area contributed by atoms with Gasteiger partial charge in [-0.2, -0.15) is 5.10 Å². The number of thiophene rings is 1. The van der Waals surface area contributed by atoms with Crippen LogP contribution in [0.2, 0.25) is 0 Å². The van der Waals surface area contributed by atoms with Crippen LogP contribution in [-0.4, -0.2) is 33.8 Å². The molecule has 1 aliphatic heterocycles. The maximum Gasteiger partial charge on any atom is 0.343 e. The second-order valence-corrected chi connectivity index (χ2v) is 7.63. The van der Waals surface area contributed by atoms with Gasteiger partial charge in [-0.05, 0) is 41.8 Å². The Labute approximate surface area is 181 Å². The first kappa shape index (κ1) is 21.8. The number of aromatic nitrogens is 3. The van der Waals surface area contributed by atoms with Crippen molar-refractivity contribution in [2.45, 2.75) is 12.5 Å². The van der Waals surface area contributed by atoms with E-state index in [2.05, 4.69) is 15.5 Å². The SMILES string of the molecule is Cl.NC/C(=C/F)CC(c1ccc(-c2ccc3c(c2)OCC(=O)N3)s1)n1cn[nH]c1=O. The Morgan fingerprint density at radius 2 is 2.20 bits per heavy atom. The van der Waals surface area contributed by atoms with Crippen LogP contribution in [0.1, 0.15) is 17.3 Å². The fraction of sp³-hybridized carbons (Fsp3) is 0.211. The van der Waals surface area contributed by atoms with Crippen molar-refractivity contribution in [3.63, 3.8) is 0 Å². The number of H-pyrrole nitrogens is 1. The molecule has 3 heterocycles. The number of anilines is 1. The van der Waals surface area contributed by atoms with Gasteiger partial charge in [0.25, 0.3) is 5.91 Å². The molecule has 2 aromatic heterocycles. The minimum absolute atomic E-state index is 0. The summed E-state index contributed by atoms with van der Waals surface area (Å²) in [5.74, 6) is 0.416. The molecule has 0 bridgehead atoms. The van der Waals surface area contributed by atoms with Crippen LogP contribution in [0.5, 0.6) is 5.75 Å². The number of aromatic amines is 1. The minimum Gasteiger partial charge on any atom is -0.482 e. The summed E-state index contributed by atoms with van der Waals surface area (Å²) in [6, 6.07) is 8.93. The maximum absolute atomic E-state index is 13.1. The molecule has 0 fully saturated rings. The quantitative estimate of drug-likeness (QED) is 0.533. The lowest BCUT2D eigenvalue weighted by Crippen LogP contribution is -2.25. The van der Waals surface area contributed by atoms with Crippen molar-refractivity contribution in [3.05, 3.63) is 63.9 Å². The van der Waals surface area contributed by atoms with Crippen LogP contribution in [-0.2, 0) is 4.79 Å². The van der Waals surface area contributed by atoms with Crippen LogP contribution in [0.15, 0.2) is 53.4 Å². The summed E-state index contributed by atoms with van der Waals surface area (Å²) in [5, 5.41) is 8.91. The van der Waals surface area contributed by atoms with E-state index in [0.717, 1.165) is 15.3 Å². The maximum atomic E-state index is 13.1. The summed E-state index contributed by atoms with van der Waals surface area (Å²) >= 11 is 1.48. The molecule has 0 saturated heterocycles. The molecular formula is C19H19ClFN5O3S. The highest BCUT2D eigenvalue weighted by molar-refractivity contribution is 7.15. The average molecular weight is 452 g/mol. The van der Waals surface area contributed by atoms with E-state index in [-0.39, 0.29) is 43.6 Å². The number of rotatable bonds is 6. The number of ether oxygens (including phenoxy) is 1. The van der Waals surface area contributed by atoms with Gasteiger partial charge < -0.3 is 15.8 Å². The average Bonchev–Trinajstić information content (AvgIpc) is 3.38. The number of amides is 1. The van der Waals surface area contributed by atoms with Gasteiger partial charge in [-0.25, -0.2) is 14.3 Å². The minimum atomic E-state index is -0.432. The number of nitrogens with one attached hydrogen (secondary N) is 2. The summed E-state index contributed by atoms with van der Waals surface area (Å²) in [6.07, 6.45) is 2.14. The Morgan fingerprint density at radius 1 is 1.37 bits per heavy atom. The zero-order chi connectivity index (χ0) is 20.4. The van der Waals surface area contributed by atoms with E-state index < -0.39 is 6.04 Å². The van der Waals surface area contributed by atoms with Gasteiger partial charge in [0.2, 0.25) is 0 Å².